The van der Waals surface area contributed by atoms with Crippen LogP contribution in [0.25, 0.3) is 0 Å². The minimum atomic E-state index is -1.09. The summed E-state index contributed by atoms with van der Waals surface area (Å²) in [5.41, 5.74) is 0. The summed E-state index contributed by atoms with van der Waals surface area (Å²) in [4.78, 5) is 14.1. The summed E-state index contributed by atoms with van der Waals surface area (Å²) < 4.78 is 5.30. The zero-order valence-electron chi connectivity index (χ0n) is 10.5. The molecule has 16 heavy (non-hydrogen) atoms. The van der Waals surface area contributed by atoms with E-state index in [1.807, 2.05) is 4.90 Å². The zero-order chi connectivity index (χ0) is 12.2. The Labute approximate surface area is 108 Å². The summed E-state index contributed by atoms with van der Waals surface area (Å²) in [5.74, 6) is 0. The summed E-state index contributed by atoms with van der Waals surface area (Å²) >= 11 is 3.57. The lowest BCUT2D eigenvalue weighted by molar-refractivity contribution is 0.100. The van der Waals surface area contributed by atoms with Crippen molar-refractivity contribution in [2.24, 2.45) is 0 Å². The number of carbonyl (C=O) groups is 1. The number of carbonyl (C=O) groups excluding carboxylic acids is 1. The molecule has 5 heteroatoms. The minimum absolute atomic E-state index is 0.127. The third kappa shape index (κ3) is 5.34. The number of halogens is 1. The molecule has 0 unspecified atom stereocenters. The smallest absolute Gasteiger partial charge is 0.409 e. The van der Waals surface area contributed by atoms with Crippen LogP contribution in [0.15, 0.2) is 0 Å². The number of hydrogen-bond donors (Lipinski definition) is 0. The predicted octanol–water partition coefficient (Wildman–Crippen LogP) is 3.32. The van der Waals surface area contributed by atoms with Crippen molar-refractivity contribution in [2.75, 3.05) is 19.7 Å². The number of amides is 1. The maximum absolute atomic E-state index is 11.7. The fourth-order valence-electron chi connectivity index (χ4n) is 1.57. The SMILES string of the molecule is C[Si](C)(C)CCOC(=O)N1CCC(Br)CC1. The van der Waals surface area contributed by atoms with Crippen molar-refractivity contribution in [3.63, 3.8) is 0 Å². The minimum Gasteiger partial charge on any atom is -0.450 e. The van der Waals surface area contributed by atoms with Crippen LogP contribution in [0.3, 0.4) is 0 Å². The summed E-state index contributed by atoms with van der Waals surface area (Å²) in [6.07, 6.45) is 1.93. The van der Waals surface area contributed by atoms with Gasteiger partial charge in [-0.3, -0.25) is 0 Å². The number of hydrogen-bond acceptors (Lipinski definition) is 2. The lowest BCUT2D eigenvalue weighted by Crippen LogP contribution is -2.39. The van der Waals surface area contributed by atoms with Gasteiger partial charge in [0.2, 0.25) is 0 Å². The van der Waals surface area contributed by atoms with Crippen molar-refractivity contribution in [3.8, 4) is 0 Å². The molecule has 1 aliphatic heterocycles. The van der Waals surface area contributed by atoms with Gasteiger partial charge in [0.25, 0.3) is 0 Å². The van der Waals surface area contributed by atoms with E-state index >= 15 is 0 Å². The van der Waals surface area contributed by atoms with Gasteiger partial charge in [0, 0.05) is 26.0 Å². The largest absolute Gasteiger partial charge is 0.450 e. The number of nitrogens with zero attached hydrogens (tertiary/aromatic N) is 1. The molecular formula is C11H22BrNO2Si. The van der Waals surface area contributed by atoms with Crippen molar-refractivity contribution in [2.45, 2.75) is 43.4 Å². The van der Waals surface area contributed by atoms with Crippen LogP contribution in [-0.2, 0) is 4.74 Å². The van der Waals surface area contributed by atoms with E-state index in [-0.39, 0.29) is 6.09 Å². The normalized spacial score (nSPS) is 18.6. The standard InChI is InChI=1S/C11H22BrNO2Si/c1-16(2,3)9-8-15-11(14)13-6-4-10(12)5-7-13/h10H,4-9H2,1-3H3. The summed E-state index contributed by atoms with van der Waals surface area (Å²) in [5, 5.41) is 0. The Balaban J connectivity index is 2.20. The van der Waals surface area contributed by atoms with E-state index in [4.69, 9.17) is 4.74 Å². The molecule has 0 aromatic heterocycles. The first kappa shape index (κ1) is 14.0. The second kappa shape index (κ2) is 6.05. The monoisotopic (exact) mass is 307 g/mol. The summed E-state index contributed by atoms with van der Waals surface area (Å²) in [7, 11) is -1.09. The van der Waals surface area contributed by atoms with Gasteiger partial charge < -0.3 is 9.64 Å². The highest BCUT2D eigenvalue weighted by atomic mass is 79.9. The average Bonchev–Trinajstić information content (AvgIpc) is 2.16. The van der Waals surface area contributed by atoms with Crippen LogP contribution in [0, 0.1) is 0 Å². The van der Waals surface area contributed by atoms with Crippen LogP contribution in [-0.4, -0.2) is 43.6 Å². The first-order valence-corrected chi connectivity index (χ1v) is 10.6. The Morgan fingerprint density at radius 1 is 1.38 bits per heavy atom. The second-order valence-electron chi connectivity index (χ2n) is 5.59. The molecule has 0 saturated carbocycles. The Hall–Kier alpha value is -0.0331. The van der Waals surface area contributed by atoms with Gasteiger partial charge in [-0.15, -0.1) is 0 Å². The Bertz CT molecular complexity index is 235. The molecule has 0 aromatic carbocycles. The van der Waals surface area contributed by atoms with Crippen LogP contribution in [0.2, 0.25) is 25.7 Å². The van der Waals surface area contributed by atoms with Crippen molar-refractivity contribution in [3.05, 3.63) is 0 Å². The average molecular weight is 308 g/mol. The van der Waals surface area contributed by atoms with E-state index in [2.05, 4.69) is 35.6 Å². The van der Waals surface area contributed by atoms with Gasteiger partial charge in [0.15, 0.2) is 0 Å². The highest BCUT2D eigenvalue weighted by molar-refractivity contribution is 9.09. The number of piperidine rings is 1. The fraction of sp³-hybridized carbons (Fsp3) is 0.909. The van der Waals surface area contributed by atoms with Crippen molar-refractivity contribution in [1.29, 1.82) is 0 Å². The lowest BCUT2D eigenvalue weighted by atomic mass is 10.1. The van der Waals surface area contributed by atoms with Crippen LogP contribution in [0.4, 0.5) is 4.79 Å². The Kier molecular flexibility index (Phi) is 5.31. The van der Waals surface area contributed by atoms with Crippen LogP contribution < -0.4 is 0 Å². The van der Waals surface area contributed by atoms with Gasteiger partial charge in [-0.25, -0.2) is 4.79 Å². The van der Waals surface area contributed by atoms with E-state index in [1.54, 1.807) is 0 Å². The Morgan fingerprint density at radius 2 is 1.94 bits per heavy atom. The molecule has 0 bridgehead atoms. The van der Waals surface area contributed by atoms with Crippen LogP contribution >= 0.6 is 15.9 Å². The van der Waals surface area contributed by atoms with E-state index in [1.165, 1.54) is 0 Å². The van der Waals surface area contributed by atoms with Crippen LogP contribution in [0.5, 0.6) is 0 Å². The van der Waals surface area contributed by atoms with Gasteiger partial charge >= 0.3 is 6.09 Å². The highest BCUT2D eigenvalue weighted by Crippen LogP contribution is 2.18. The maximum Gasteiger partial charge on any atom is 0.409 e. The first-order chi connectivity index (χ1) is 7.38. The molecule has 0 aromatic rings. The lowest BCUT2D eigenvalue weighted by Gasteiger charge is -2.29. The topological polar surface area (TPSA) is 29.5 Å². The zero-order valence-corrected chi connectivity index (χ0v) is 13.0. The van der Waals surface area contributed by atoms with Crippen molar-refractivity contribution >= 4 is 30.1 Å². The molecule has 0 spiro atoms. The molecule has 0 atom stereocenters. The second-order valence-corrected chi connectivity index (χ2v) is 12.5. The number of rotatable bonds is 3. The third-order valence-electron chi connectivity index (χ3n) is 2.76. The maximum atomic E-state index is 11.7. The highest BCUT2D eigenvalue weighted by Gasteiger charge is 2.22. The fourth-order valence-corrected chi connectivity index (χ4v) is 2.69. The first-order valence-electron chi connectivity index (χ1n) is 5.94. The van der Waals surface area contributed by atoms with Gasteiger partial charge in [-0.1, -0.05) is 35.6 Å². The van der Waals surface area contributed by atoms with E-state index in [9.17, 15) is 4.79 Å². The van der Waals surface area contributed by atoms with E-state index in [0.29, 0.717) is 11.4 Å². The molecule has 1 aliphatic rings. The van der Waals surface area contributed by atoms with Gasteiger partial charge in [0.05, 0.1) is 6.61 Å². The number of ether oxygens (including phenoxy) is 1. The van der Waals surface area contributed by atoms with E-state index in [0.717, 1.165) is 32.0 Å². The predicted molar refractivity (Wildman–Crippen MR) is 73.0 cm³/mol. The molecule has 94 valence electrons. The summed E-state index contributed by atoms with van der Waals surface area (Å²) in [6.45, 7) is 9.09. The molecule has 1 heterocycles. The molecule has 3 nitrogen and oxygen atoms in total. The van der Waals surface area contributed by atoms with Gasteiger partial charge in [-0.2, -0.15) is 0 Å². The van der Waals surface area contributed by atoms with Gasteiger partial charge in [-0.05, 0) is 18.9 Å². The molecule has 1 amide bonds. The summed E-state index contributed by atoms with van der Waals surface area (Å²) in [6, 6.07) is 1.05. The molecular weight excluding hydrogens is 286 g/mol. The van der Waals surface area contributed by atoms with Gasteiger partial charge in [0.1, 0.15) is 0 Å². The van der Waals surface area contributed by atoms with Crippen molar-refractivity contribution < 1.29 is 9.53 Å². The quantitative estimate of drug-likeness (QED) is 0.591. The molecule has 0 aliphatic carbocycles. The molecule has 0 radical (unpaired) electrons. The molecule has 1 rings (SSSR count). The third-order valence-corrected chi connectivity index (χ3v) is 5.38. The molecule has 1 saturated heterocycles. The number of alkyl halides is 1. The van der Waals surface area contributed by atoms with E-state index < -0.39 is 8.07 Å². The molecule has 0 N–H and O–H groups in total. The molecule has 1 fully saturated rings. The Morgan fingerprint density at radius 3 is 2.44 bits per heavy atom. The van der Waals surface area contributed by atoms with Crippen molar-refractivity contribution in [1.82, 2.24) is 4.90 Å². The number of likely N-dealkylation sites (tertiary alicyclic amines) is 1. The van der Waals surface area contributed by atoms with Crippen LogP contribution in [0.1, 0.15) is 12.8 Å².